The van der Waals surface area contributed by atoms with Crippen LogP contribution in [-0.4, -0.2) is 33.6 Å². The third-order valence-electron chi connectivity index (χ3n) is 5.11. The van der Waals surface area contributed by atoms with Gasteiger partial charge in [-0.05, 0) is 38.3 Å². The van der Waals surface area contributed by atoms with Crippen molar-refractivity contribution in [3.8, 4) is 0 Å². The normalized spacial score (nSPS) is 16.5. The average Bonchev–Trinajstić information content (AvgIpc) is 3.15. The zero-order valence-electron chi connectivity index (χ0n) is 17.6. The van der Waals surface area contributed by atoms with E-state index in [9.17, 15) is 27.9 Å². The highest BCUT2D eigenvalue weighted by atomic mass is 19.4. The smallest absolute Gasteiger partial charge is 0.389 e. The van der Waals surface area contributed by atoms with Crippen molar-refractivity contribution < 1.29 is 23.1 Å². The summed E-state index contributed by atoms with van der Waals surface area (Å²) in [5, 5.41) is 22.7. The van der Waals surface area contributed by atoms with Gasteiger partial charge in [0.2, 0.25) is 5.91 Å². The quantitative estimate of drug-likeness (QED) is 0.367. The van der Waals surface area contributed by atoms with Gasteiger partial charge in [0.1, 0.15) is 11.9 Å². The zero-order chi connectivity index (χ0) is 23.2. The molecular weight excluding hydrogens is 413 g/mol. The van der Waals surface area contributed by atoms with Crippen LogP contribution in [0.5, 0.6) is 0 Å². The van der Waals surface area contributed by atoms with Crippen LogP contribution in [0.1, 0.15) is 57.6 Å². The van der Waals surface area contributed by atoms with Crippen molar-refractivity contribution in [2.24, 2.45) is 5.92 Å². The van der Waals surface area contributed by atoms with Gasteiger partial charge in [-0.15, -0.1) is 0 Å². The first-order valence-electron chi connectivity index (χ1n) is 10.2. The van der Waals surface area contributed by atoms with Gasteiger partial charge >= 0.3 is 6.18 Å². The number of amides is 1. The monoisotopic (exact) mass is 442 g/mol. The summed E-state index contributed by atoms with van der Waals surface area (Å²) in [6.07, 6.45) is 3.13. The number of hydrogen-bond donors (Lipinski definition) is 4. The number of aliphatic hydroxyl groups is 1. The summed E-state index contributed by atoms with van der Waals surface area (Å²) in [6.45, 7) is 3.45. The second kappa shape index (κ2) is 10.1. The van der Waals surface area contributed by atoms with Crippen molar-refractivity contribution in [3.05, 3.63) is 46.5 Å². The first-order valence-corrected chi connectivity index (χ1v) is 10.2. The molecule has 1 saturated carbocycles. The molecule has 0 saturated heterocycles. The van der Waals surface area contributed by atoms with Crippen molar-refractivity contribution in [2.75, 3.05) is 6.54 Å². The summed E-state index contributed by atoms with van der Waals surface area (Å²) >= 11 is 0. The van der Waals surface area contributed by atoms with Crippen LogP contribution in [0.2, 0.25) is 0 Å². The summed E-state index contributed by atoms with van der Waals surface area (Å²) in [7, 11) is 0. The van der Waals surface area contributed by atoms with E-state index in [1.165, 1.54) is 12.3 Å². The van der Waals surface area contributed by atoms with Crippen LogP contribution in [0.4, 0.5) is 13.2 Å². The fourth-order valence-electron chi connectivity index (χ4n) is 3.54. The first-order chi connectivity index (χ1) is 14.4. The molecule has 1 aliphatic carbocycles. The number of nitrogens with zero attached hydrogens (tertiary/aromatic N) is 1. The van der Waals surface area contributed by atoms with E-state index in [2.05, 4.69) is 10.6 Å². The molecule has 1 aromatic rings. The number of carbonyl (C=O) groups excluding carboxylic acids is 1. The molecule has 0 unspecified atom stereocenters. The Morgan fingerprint density at radius 2 is 2.00 bits per heavy atom. The minimum absolute atomic E-state index is 0.183. The molecule has 1 aromatic heterocycles. The van der Waals surface area contributed by atoms with Crippen LogP contribution in [0.25, 0.3) is 0 Å². The van der Waals surface area contributed by atoms with Crippen LogP contribution in [0.3, 0.4) is 0 Å². The predicted molar refractivity (Wildman–Crippen MR) is 111 cm³/mol. The average molecular weight is 442 g/mol. The fourth-order valence-corrected chi connectivity index (χ4v) is 3.54. The molecule has 4 N–H and O–H groups in total. The number of carbonyl (C=O) groups is 1. The Hall–Kier alpha value is -2.62. The summed E-state index contributed by atoms with van der Waals surface area (Å²) in [5.74, 6) is -0.696. The number of pyridine rings is 1. The number of rotatable bonds is 8. The van der Waals surface area contributed by atoms with Gasteiger partial charge in [-0.1, -0.05) is 25.7 Å². The molecule has 1 aliphatic rings. The van der Waals surface area contributed by atoms with Crippen molar-refractivity contribution in [2.45, 2.75) is 63.8 Å². The number of alkyl halides is 3. The SMILES string of the molecule is CC(C)(O)CN/C=C\C(=N)NC(=O)[C@H](CC1CCCC1)n1ccc(C(F)(F)F)cc1=O. The van der Waals surface area contributed by atoms with Crippen molar-refractivity contribution >= 4 is 11.7 Å². The highest BCUT2D eigenvalue weighted by Crippen LogP contribution is 2.32. The molecular formula is C21H29F3N4O3. The lowest BCUT2D eigenvalue weighted by atomic mass is 9.97. The zero-order valence-corrected chi connectivity index (χ0v) is 17.6. The Labute approximate surface area is 178 Å². The molecule has 0 aromatic carbocycles. The number of hydrogen-bond acceptors (Lipinski definition) is 5. The Morgan fingerprint density at radius 3 is 2.55 bits per heavy atom. The molecule has 1 amide bonds. The first kappa shape index (κ1) is 24.6. The number of nitrogens with one attached hydrogen (secondary N) is 3. The standard InChI is InChI=1S/C21H29F3N4O3/c1-20(2,31)13-26-9-7-17(25)27-19(30)16(11-14-5-3-4-6-14)28-10-8-15(12-18(28)29)21(22,23)24/h7-10,12,14,16,26,31H,3-6,11,13H2,1-2H3,(H2,25,27,30)/b9-7-/t16-/m0/s1. The molecule has 1 fully saturated rings. The van der Waals surface area contributed by atoms with Gasteiger partial charge in [-0.3, -0.25) is 15.0 Å². The van der Waals surface area contributed by atoms with Crippen molar-refractivity contribution in [3.63, 3.8) is 0 Å². The largest absolute Gasteiger partial charge is 0.416 e. The molecule has 7 nitrogen and oxygen atoms in total. The van der Waals surface area contributed by atoms with Gasteiger partial charge in [-0.2, -0.15) is 13.2 Å². The Morgan fingerprint density at radius 1 is 1.35 bits per heavy atom. The maximum absolute atomic E-state index is 12.9. The summed E-state index contributed by atoms with van der Waals surface area (Å²) < 4.78 is 39.7. The predicted octanol–water partition coefficient (Wildman–Crippen LogP) is 2.96. The van der Waals surface area contributed by atoms with E-state index in [0.717, 1.165) is 42.5 Å². The van der Waals surface area contributed by atoms with E-state index in [0.29, 0.717) is 12.5 Å². The molecule has 10 heteroatoms. The summed E-state index contributed by atoms with van der Waals surface area (Å²) in [4.78, 5) is 25.2. The maximum atomic E-state index is 12.9. The van der Waals surface area contributed by atoms with E-state index in [1.807, 2.05) is 0 Å². The maximum Gasteiger partial charge on any atom is 0.416 e. The molecule has 1 atom stereocenters. The van der Waals surface area contributed by atoms with Gasteiger partial charge < -0.3 is 20.3 Å². The second-order valence-electron chi connectivity index (χ2n) is 8.49. The minimum Gasteiger partial charge on any atom is -0.389 e. The summed E-state index contributed by atoms with van der Waals surface area (Å²) in [5.41, 5.74) is -2.93. The van der Waals surface area contributed by atoms with Gasteiger partial charge in [0, 0.05) is 25.0 Å². The highest BCUT2D eigenvalue weighted by molar-refractivity contribution is 6.03. The second-order valence-corrected chi connectivity index (χ2v) is 8.49. The van der Waals surface area contributed by atoms with Gasteiger partial charge in [0.15, 0.2) is 0 Å². The Kier molecular flexibility index (Phi) is 8.05. The van der Waals surface area contributed by atoms with Crippen LogP contribution in [0.15, 0.2) is 35.4 Å². The van der Waals surface area contributed by atoms with E-state index < -0.39 is 34.8 Å². The molecule has 0 aliphatic heterocycles. The van der Waals surface area contributed by atoms with E-state index in [1.54, 1.807) is 13.8 Å². The molecule has 0 bridgehead atoms. The van der Waals surface area contributed by atoms with Gasteiger partial charge in [-0.25, -0.2) is 0 Å². The lowest BCUT2D eigenvalue weighted by Gasteiger charge is -2.22. The third-order valence-corrected chi connectivity index (χ3v) is 5.11. The lowest BCUT2D eigenvalue weighted by Crippen LogP contribution is -2.40. The van der Waals surface area contributed by atoms with Crippen LogP contribution >= 0.6 is 0 Å². The number of halogens is 3. The van der Waals surface area contributed by atoms with Crippen molar-refractivity contribution in [1.82, 2.24) is 15.2 Å². The fraction of sp³-hybridized carbons (Fsp3) is 0.571. The van der Waals surface area contributed by atoms with E-state index in [-0.39, 0.29) is 18.3 Å². The number of aromatic nitrogens is 1. The van der Waals surface area contributed by atoms with Crippen LogP contribution < -0.4 is 16.2 Å². The van der Waals surface area contributed by atoms with Crippen LogP contribution in [-0.2, 0) is 11.0 Å². The Balaban J connectivity index is 2.16. The molecule has 1 heterocycles. The van der Waals surface area contributed by atoms with Crippen LogP contribution in [0, 0.1) is 11.3 Å². The number of amidine groups is 1. The topological polar surface area (TPSA) is 107 Å². The summed E-state index contributed by atoms with van der Waals surface area (Å²) in [6, 6.07) is 0.249. The molecule has 2 rings (SSSR count). The molecule has 0 spiro atoms. The van der Waals surface area contributed by atoms with Gasteiger partial charge in [0.05, 0.1) is 11.2 Å². The minimum atomic E-state index is -4.65. The molecule has 0 radical (unpaired) electrons. The Bertz CT molecular complexity index is 866. The van der Waals surface area contributed by atoms with Crippen molar-refractivity contribution in [1.29, 1.82) is 5.41 Å². The lowest BCUT2D eigenvalue weighted by molar-refractivity contribution is -0.137. The van der Waals surface area contributed by atoms with Gasteiger partial charge in [0.25, 0.3) is 5.56 Å². The molecule has 172 valence electrons. The van der Waals surface area contributed by atoms with E-state index >= 15 is 0 Å². The van der Waals surface area contributed by atoms with E-state index in [4.69, 9.17) is 5.41 Å². The third kappa shape index (κ3) is 7.86. The highest BCUT2D eigenvalue weighted by Gasteiger charge is 2.33. The molecule has 31 heavy (non-hydrogen) atoms.